The van der Waals surface area contributed by atoms with Crippen LogP contribution in [-0.2, 0) is 48.0 Å². The Labute approximate surface area is 378 Å². The maximum atomic E-state index is 14.6. The van der Waals surface area contributed by atoms with Gasteiger partial charge in [0, 0.05) is 0 Å². The number of rotatable bonds is 18. The number of carbonyl (C=O) groups excluding carboxylic acids is 4. The molecule has 0 radical (unpaired) electrons. The van der Waals surface area contributed by atoms with Crippen LogP contribution in [0.25, 0.3) is 0 Å². The molecule has 2 aliphatic heterocycles. The van der Waals surface area contributed by atoms with Crippen LogP contribution in [0.1, 0.15) is 12.8 Å². The van der Waals surface area contributed by atoms with Gasteiger partial charge in [-0.25, -0.2) is 0 Å². The smallest absolute Gasteiger partial charge is 0.272 e. The fraction of sp³-hybridized carbons (Fsp3) is 0.846. The Balaban J connectivity index is 1.97. The first-order chi connectivity index (χ1) is 31.8. The van der Waals surface area contributed by atoms with Crippen molar-refractivity contribution in [3.63, 3.8) is 0 Å². The molecular formula is C26H8F34N2O10S2. The van der Waals surface area contributed by atoms with E-state index in [0.717, 1.165) is 0 Å². The van der Waals surface area contributed by atoms with E-state index in [2.05, 4.69) is 8.57 Å². The molecule has 1 saturated carbocycles. The SMILES string of the molecule is O=C1C2CC3C(=O)N(OS(=O)(=O)C(F)(F)C(F)(F)C(F)(F)C(F)(F)C(F)(F)C(F)(F)C(F)(F)C(F)(F)F)C(=O)C3CC2C(=O)N1OS(=O)(=O)C(F)(F)C(F)(F)C(F)(F)C(F)(F)C(F)(F)C(F)(F)C(F)(F)C(F)(F)F. The van der Waals surface area contributed by atoms with Gasteiger partial charge in [0.1, 0.15) is 0 Å². The maximum absolute atomic E-state index is 14.6. The topological polar surface area (TPSA) is 161 Å². The Morgan fingerprint density at radius 3 is 0.595 bits per heavy atom. The van der Waals surface area contributed by atoms with Crippen molar-refractivity contribution in [2.75, 3.05) is 0 Å². The number of carbonyl (C=O) groups is 4. The van der Waals surface area contributed by atoms with Gasteiger partial charge < -0.3 is 0 Å². The van der Waals surface area contributed by atoms with E-state index in [1.165, 1.54) is 0 Å². The molecule has 1 aliphatic carbocycles. The molecule has 0 bridgehead atoms. The number of nitrogens with zero attached hydrogens (tertiary/aromatic N) is 2. The van der Waals surface area contributed by atoms with Gasteiger partial charge >= 0.3 is 114 Å². The van der Waals surface area contributed by atoms with Crippen molar-refractivity contribution in [1.82, 2.24) is 10.1 Å². The molecule has 3 fully saturated rings. The summed E-state index contributed by atoms with van der Waals surface area (Å²) in [6.07, 6.45) is -20.4. The molecule has 2 heterocycles. The van der Waals surface area contributed by atoms with E-state index < -0.39 is 184 Å². The normalized spacial score (nSPS) is 23.0. The molecule has 3 aliphatic rings. The third-order valence-electron chi connectivity index (χ3n) is 10.4. The zero-order valence-corrected chi connectivity index (χ0v) is 34.0. The molecule has 0 spiro atoms. The van der Waals surface area contributed by atoms with Crippen LogP contribution in [0.15, 0.2) is 0 Å². The van der Waals surface area contributed by atoms with Crippen LogP contribution in [0, 0.1) is 23.7 Å². The Morgan fingerprint density at radius 1 is 0.284 bits per heavy atom. The summed E-state index contributed by atoms with van der Waals surface area (Å²) < 4.78 is 517. The number of amides is 4. The van der Waals surface area contributed by atoms with Gasteiger partial charge in [-0.05, 0) is 12.8 Å². The van der Waals surface area contributed by atoms with E-state index in [1.807, 2.05) is 0 Å². The van der Waals surface area contributed by atoms with Gasteiger partial charge in [-0.2, -0.15) is 166 Å². The van der Waals surface area contributed by atoms with Gasteiger partial charge in [0.15, 0.2) is 0 Å². The zero-order chi connectivity index (χ0) is 59.6. The van der Waals surface area contributed by atoms with Crippen LogP contribution in [0.5, 0.6) is 0 Å². The lowest BCUT2D eigenvalue weighted by Crippen LogP contribution is -2.75. The fourth-order valence-corrected chi connectivity index (χ4v) is 7.92. The van der Waals surface area contributed by atoms with Gasteiger partial charge in [0.2, 0.25) is 0 Å². The van der Waals surface area contributed by atoms with E-state index in [4.69, 9.17) is 0 Å². The van der Waals surface area contributed by atoms with Crippen molar-refractivity contribution < 1.29 is 194 Å². The van der Waals surface area contributed by atoms with Crippen LogP contribution >= 0.6 is 0 Å². The van der Waals surface area contributed by atoms with Gasteiger partial charge in [0.25, 0.3) is 23.6 Å². The van der Waals surface area contributed by atoms with E-state index in [9.17, 15) is 185 Å². The molecule has 0 aromatic heterocycles. The molecule has 3 rings (SSSR count). The number of halogens is 34. The van der Waals surface area contributed by atoms with E-state index in [-0.39, 0.29) is 0 Å². The molecule has 2 saturated heterocycles. The molecule has 4 amide bonds. The molecule has 0 N–H and O–H groups in total. The van der Waals surface area contributed by atoms with Crippen molar-refractivity contribution in [3.05, 3.63) is 0 Å². The average Bonchev–Trinajstić information content (AvgIpc) is 3.56. The van der Waals surface area contributed by atoms with Crippen LogP contribution in [0.2, 0.25) is 0 Å². The van der Waals surface area contributed by atoms with Gasteiger partial charge in [-0.1, -0.05) is 0 Å². The first-order valence-corrected chi connectivity index (χ1v) is 19.7. The summed E-state index contributed by atoms with van der Waals surface area (Å²) in [4.78, 5) is 51.0. The van der Waals surface area contributed by atoms with Gasteiger partial charge in [-0.3, -0.25) is 19.2 Å². The molecule has 0 aromatic carbocycles. The first-order valence-electron chi connectivity index (χ1n) is 16.9. The first kappa shape index (κ1) is 64.0. The zero-order valence-electron chi connectivity index (χ0n) is 32.4. The minimum atomic E-state index is -9.41. The van der Waals surface area contributed by atoms with Gasteiger partial charge in [0.05, 0.1) is 23.7 Å². The van der Waals surface area contributed by atoms with Crippen LogP contribution in [0.3, 0.4) is 0 Å². The van der Waals surface area contributed by atoms with Crippen molar-refractivity contribution in [2.45, 2.75) is 107 Å². The van der Waals surface area contributed by atoms with Crippen molar-refractivity contribution >= 4 is 43.9 Å². The highest BCUT2D eigenvalue weighted by Crippen LogP contribution is 2.67. The number of hydrogen-bond donors (Lipinski definition) is 0. The summed E-state index contributed by atoms with van der Waals surface area (Å²) >= 11 is 0. The van der Waals surface area contributed by atoms with Crippen LogP contribution < -0.4 is 0 Å². The van der Waals surface area contributed by atoms with Crippen molar-refractivity contribution in [1.29, 1.82) is 0 Å². The van der Waals surface area contributed by atoms with E-state index >= 15 is 0 Å². The molecule has 48 heteroatoms. The number of fused-ring (bicyclic) bond motifs is 2. The molecule has 0 aromatic rings. The van der Waals surface area contributed by atoms with Gasteiger partial charge in [-0.15, -0.1) is 18.7 Å². The minimum Gasteiger partial charge on any atom is -0.272 e. The third kappa shape index (κ3) is 7.71. The molecule has 432 valence electrons. The average molecular weight is 1220 g/mol. The van der Waals surface area contributed by atoms with Crippen LogP contribution in [0.4, 0.5) is 149 Å². The Morgan fingerprint density at radius 2 is 0.432 bits per heavy atom. The summed E-state index contributed by atoms with van der Waals surface area (Å²) in [6.45, 7) is 0. The predicted octanol–water partition coefficient (Wildman–Crippen LogP) is 8.44. The monoisotopic (exact) mass is 1220 g/mol. The Hall–Kier alpha value is -4.28. The largest absolute Gasteiger partial charge is 0.460 e. The number of hydrogen-bond acceptors (Lipinski definition) is 10. The predicted molar refractivity (Wildman–Crippen MR) is 148 cm³/mol. The lowest BCUT2D eigenvalue weighted by Gasteiger charge is -2.42. The number of imide groups is 2. The summed E-state index contributed by atoms with van der Waals surface area (Å²) in [5.41, 5.74) is 0. The lowest BCUT2D eigenvalue weighted by atomic mass is 9.70. The molecule has 12 nitrogen and oxygen atoms in total. The Bertz CT molecular complexity index is 2330. The minimum absolute atomic E-state index is 1.92. The summed E-state index contributed by atoms with van der Waals surface area (Å²) in [5.74, 6) is -133. The van der Waals surface area contributed by atoms with Crippen LogP contribution in [-0.4, -0.2) is 145 Å². The molecule has 74 heavy (non-hydrogen) atoms. The second-order valence-corrected chi connectivity index (χ2v) is 18.0. The lowest BCUT2D eigenvalue weighted by molar-refractivity contribution is -0.458. The van der Waals surface area contributed by atoms with Crippen molar-refractivity contribution in [2.24, 2.45) is 23.7 Å². The quantitative estimate of drug-likeness (QED) is 0.0963. The molecule has 4 unspecified atom stereocenters. The highest BCUT2D eigenvalue weighted by molar-refractivity contribution is 7.88. The molecule has 4 atom stereocenters. The third-order valence-corrected chi connectivity index (χ3v) is 12.9. The summed E-state index contributed by atoms with van der Waals surface area (Å²) in [6, 6.07) is 0. The fourth-order valence-electron chi connectivity index (χ4n) is 6.17. The van der Waals surface area contributed by atoms with Crippen molar-refractivity contribution in [3.8, 4) is 0 Å². The highest BCUT2D eigenvalue weighted by atomic mass is 32.2. The van der Waals surface area contributed by atoms with E-state index in [0.29, 0.717) is 0 Å². The second-order valence-electron chi connectivity index (χ2n) is 14.8. The number of hydroxylamine groups is 4. The van der Waals surface area contributed by atoms with E-state index in [1.54, 1.807) is 0 Å². The number of alkyl halides is 34. The summed E-state index contributed by atoms with van der Waals surface area (Å²) in [7, 11) is -17.6. The maximum Gasteiger partial charge on any atom is 0.460 e. The standard InChI is InChI=1S/C26H8F34N2O10S2/c27-11(28,15(35,36)19(43,44)23(51,52)53)13(31,32)17(39,40)21(47,48)25(57,58)73(67,68)71-61-7(63)3-1-4-6(2-5(3)9(61)65)10(66)62(8(4)64)72-74(69,70)26(59,60)22(49,50)18(41,42)14(33,34)12(29,30)16(37,38)20(45,46)24(54,55)56/h3-6H,1-2H2. The second kappa shape index (κ2) is 16.6. The summed E-state index contributed by atoms with van der Waals surface area (Å²) in [5, 5.41) is -21.0. The molecular weight excluding hydrogens is 1210 g/mol. The Kier molecular flexibility index (Phi) is 14.4. The highest BCUT2D eigenvalue weighted by Gasteiger charge is 2.98.